The molecule has 6 heteroatoms. The van der Waals surface area contributed by atoms with Crippen LogP contribution in [0.3, 0.4) is 0 Å². The molecule has 0 rings (SSSR count). The highest BCUT2D eigenvalue weighted by atomic mass is 16.6. The Bertz CT molecular complexity index is 1200. The van der Waals surface area contributed by atoms with Crippen molar-refractivity contribution in [3.63, 3.8) is 0 Å². The van der Waals surface area contributed by atoms with Gasteiger partial charge in [0.2, 0.25) is 0 Å². The fraction of sp³-hybridized carbons (Fsp3) is 0.691. The molecule has 0 saturated heterocycles. The van der Waals surface area contributed by atoms with Crippen LogP contribution in [-0.2, 0) is 28.6 Å². The number of allylic oxidation sites excluding steroid dienone is 14. The van der Waals surface area contributed by atoms with Gasteiger partial charge in [0, 0.05) is 19.3 Å². The molecule has 0 spiro atoms. The number of carbonyl (C=O) groups excluding carboxylic acids is 3. The second-order valence-electron chi connectivity index (χ2n) is 16.3. The second-order valence-corrected chi connectivity index (χ2v) is 16.3. The van der Waals surface area contributed by atoms with E-state index < -0.39 is 6.10 Å². The number of rotatable bonds is 44. The van der Waals surface area contributed by atoms with Crippen molar-refractivity contribution in [2.24, 2.45) is 0 Å². The molecule has 0 aromatic carbocycles. The van der Waals surface area contributed by atoms with Gasteiger partial charge in [-0.1, -0.05) is 202 Å². The molecule has 0 saturated carbocycles. The van der Waals surface area contributed by atoms with Crippen molar-refractivity contribution >= 4 is 17.9 Å². The van der Waals surface area contributed by atoms with E-state index in [-0.39, 0.29) is 37.5 Å². The minimum atomic E-state index is -0.811. The number of esters is 3. The molecule has 0 heterocycles. The summed E-state index contributed by atoms with van der Waals surface area (Å²) in [4.78, 5) is 37.9. The molecule has 0 fully saturated rings. The smallest absolute Gasteiger partial charge is 0.306 e. The first-order chi connectivity index (χ1) is 30.0. The van der Waals surface area contributed by atoms with Gasteiger partial charge in [0.15, 0.2) is 6.10 Å². The van der Waals surface area contributed by atoms with Crippen LogP contribution in [0.2, 0.25) is 0 Å². The lowest BCUT2D eigenvalue weighted by atomic mass is 10.0. The Labute approximate surface area is 375 Å². The quantitative estimate of drug-likeness (QED) is 0.0263. The lowest BCUT2D eigenvalue weighted by molar-refractivity contribution is -0.167. The third kappa shape index (κ3) is 47.5. The van der Waals surface area contributed by atoms with Gasteiger partial charge >= 0.3 is 17.9 Å². The second kappa shape index (κ2) is 49.2. The van der Waals surface area contributed by atoms with Crippen LogP contribution in [0, 0.1) is 0 Å². The molecule has 0 aromatic heterocycles. The highest BCUT2D eigenvalue weighted by molar-refractivity contribution is 5.71. The third-order valence-electron chi connectivity index (χ3n) is 10.4. The molecule has 0 amide bonds. The van der Waals surface area contributed by atoms with Gasteiger partial charge in [0.1, 0.15) is 13.2 Å². The lowest BCUT2D eigenvalue weighted by Gasteiger charge is -2.18. The van der Waals surface area contributed by atoms with Crippen molar-refractivity contribution in [2.45, 2.75) is 232 Å². The zero-order chi connectivity index (χ0) is 44.4. The maximum atomic E-state index is 12.8. The molecule has 61 heavy (non-hydrogen) atoms. The van der Waals surface area contributed by atoms with E-state index in [2.05, 4.69) is 106 Å². The fourth-order valence-electron chi connectivity index (χ4n) is 6.62. The molecule has 348 valence electrons. The fourth-order valence-corrected chi connectivity index (χ4v) is 6.62. The first-order valence-corrected chi connectivity index (χ1v) is 25.1. The first kappa shape index (κ1) is 57.6. The summed E-state index contributed by atoms with van der Waals surface area (Å²) in [6.07, 6.45) is 62.9. The Morgan fingerprint density at radius 2 is 0.656 bits per heavy atom. The van der Waals surface area contributed by atoms with Crippen LogP contribution in [0.5, 0.6) is 0 Å². The van der Waals surface area contributed by atoms with Crippen LogP contribution in [0.25, 0.3) is 0 Å². The SMILES string of the molecule is CC/C=C\C/C=C\C/C=C\CCCCC(=O)OCC(COC(=O)CCC/C=C\C/C=C\C/C=C\C/C=C\CCCCC)OC(=O)CCCCCCCCCCCCCCCC. The standard InChI is InChI=1S/C55H92O6/c1-4-7-10-13-16-19-22-25-27-28-29-31-33-36-39-42-45-48-54(57)60-51-52(50-59-53(56)47-44-41-38-35-32-24-21-18-15-12-9-6-3)61-55(58)49-46-43-40-37-34-30-26-23-20-17-14-11-8-5-2/h9,12,16,18-19,21,25,27,29,31-32,35-36,39,52H,4-8,10-11,13-15,17,20,22-24,26,28,30,33-34,37-38,40-51H2,1-3H3/b12-9-,19-16-,21-18-,27-25-,31-29-,35-32-,39-36-. The minimum Gasteiger partial charge on any atom is -0.462 e. The van der Waals surface area contributed by atoms with Gasteiger partial charge in [-0.15, -0.1) is 0 Å². The molecule has 6 nitrogen and oxygen atoms in total. The predicted octanol–water partition coefficient (Wildman–Crippen LogP) is 16.4. The summed E-state index contributed by atoms with van der Waals surface area (Å²) in [6, 6.07) is 0. The highest BCUT2D eigenvalue weighted by Crippen LogP contribution is 2.14. The van der Waals surface area contributed by atoms with E-state index in [1.807, 2.05) is 0 Å². The van der Waals surface area contributed by atoms with E-state index in [1.165, 1.54) is 96.3 Å². The number of carbonyl (C=O) groups is 3. The Kier molecular flexibility index (Phi) is 46.5. The molecule has 0 radical (unpaired) electrons. The van der Waals surface area contributed by atoms with Crippen molar-refractivity contribution in [1.82, 2.24) is 0 Å². The largest absolute Gasteiger partial charge is 0.462 e. The van der Waals surface area contributed by atoms with Crippen LogP contribution < -0.4 is 0 Å². The summed E-state index contributed by atoms with van der Waals surface area (Å²) < 4.78 is 16.7. The molecule has 0 aliphatic heterocycles. The molecule has 0 aromatic rings. The van der Waals surface area contributed by atoms with Crippen molar-refractivity contribution < 1.29 is 28.6 Å². The average molecular weight is 849 g/mol. The monoisotopic (exact) mass is 849 g/mol. The molecule has 0 bridgehead atoms. The van der Waals surface area contributed by atoms with E-state index in [1.54, 1.807) is 0 Å². The Balaban J connectivity index is 4.51. The maximum absolute atomic E-state index is 12.8. The van der Waals surface area contributed by atoms with Crippen LogP contribution in [0.4, 0.5) is 0 Å². The number of unbranched alkanes of at least 4 members (excludes halogenated alkanes) is 19. The number of hydrogen-bond acceptors (Lipinski definition) is 6. The van der Waals surface area contributed by atoms with Crippen LogP contribution in [0.15, 0.2) is 85.1 Å². The molecule has 0 N–H and O–H groups in total. The van der Waals surface area contributed by atoms with Crippen molar-refractivity contribution in [1.29, 1.82) is 0 Å². The van der Waals surface area contributed by atoms with Gasteiger partial charge in [-0.3, -0.25) is 14.4 Å². The van der Waals surface area contributed by atoms with Crippen LogP contribution >= 0.6 is 0 Å². The van der Waals surface area contributed by atoms with Gasteiger partial charge in [0.25, 0.3) is 0 Å². The van der Waals surface area contributed by atoms with Gasteiger partial charge in [-0.2, -0.15) is 0 Å². The van der Waals surface area contributed by atoms with Gasteiger partial charge in [-0.05, 0) is 89.9 Å². The normalized spacial score (nSPS) is 12.8. The summed E-state index contributed by atoms with van der Waals surface area (Å²) >= 11 is 0. The lowest BCUT2D eigenvalue weighted by Crippen LogP contribution is -2.30. The van der Waals surface area contributed by atoms with Gasteiger partial charge in [0.05, 0.1) is 0 Å². The summed E-state index contributed by atoms with van der Waals surface area (Å²) in [5, 5.41) is 0. The number of hydrogen-bond donors (Lipinski definition) is 0. The number of ether oxygens (including phenoxy) is 3. The summed E-state index contributed by atoms with van der Waals surface area (Å²) in [5.41, 5.74) is 0. The van der Waals surface area contributed by atoms with E-state index in [4.69, 9.17) is 14.2 Å². The topological polar surface area (TPSA) is 78.9 Å². The zero-order valence-corrected chi connectivity index (χ0v) is 39.7. The van der Waals surface area contributed by atoms with E-state index in [9.17, 15) is 14.4 Å². The summed E-state index contributed by atoms with van der Waals surface area (Å²) in [5.74, 6) is -1.01. The minimum absolute atomic E-state index is 0.113. The molecule has 0 aliphatic carbocycles. The Morgan fingerprint density at radius 1 is 0.344 bits per heavy atom. The molecule has 1 unspecified atom stereocenters. The average Bonchev–Trinajstić information content (AvgIpc) is 3.26. The Morgan fingerprint density at radius 3 is 1.10 bits per heavy atom. The van der Waals surface area contributed by atoms with Crippen LogP contribution in [0.1, 0.15) is 226 Å². The van der Waals surface area contributed by atoms with Crippen LogP contribution in [-0.4, -0.2) is 37.2 Å². The zero-order valence-electron chi connectivity index (χ0n) is 39.7. The first-order valence-electron chi connectivity index (χ1n) is 25.1. The molecule has 1 atom stereocenters. The van der Waals surface area contributed by atoms with Crippen molar-refractivity contribution in [3.8, 4) is 0 Å². The maximum Gasteiger partial charge on any atom is 0.306 e. The molecular formula is C55H92O6. The Hall–Kier alpha value is -3.41. The van der Waals surface area contributed by atoms with E-state index in [0.29, 0.717) is 19.3 Å². The molecule has 0 aliphatic rings. The van der Waals surface area contributed by atoms with Gasteiger partial charge < -0.3 is 14.2 Å². The van der Waals surface area contributed by atoms with Gasteiger partial charge in [-0.25, -0.2) is 0 Å². The summed E-state index contributed by atoms with van der Waals surface area (Å²) in [6.45, 7) is 6.40. The van der Waals surface area contributed by atoms with Crippen molar-refractivity contribution in [3.05, 3.63) is 85.1 Å². The predicted molar refractivity (Wildman–Crippen MR) is 261 cm³/mol. The van der Waals surface area contributed by atoms with E-state index >= 15 is 0 Å². The molecular weight excluding hydrogens is 757 g/mol. The highest BCUT2D eigenvalue weighted by Gasteiger charge is 2.19. The third-order valence-corrected chi connectivity index (χ3v) is 10.4. The van der Waals surface area contributed by atoms with E-state index in [0.717, 1.165) is 83.5 Å². The van der Waals surface area contributed by atoms with Crippen molar-refractivity contribution in [2.75, 3.05) is 13.2 Å². The summed E-state index contributed by atoms with van der Waals surface area (Å²) in [7, 11) is 0.